The second-order valence-electron chi connectivity index (χ2n) is 5.47. The van der Waals surface area contributed by atoms with Crippen LogP contribution in [0.15, 0.2) is 0 Å². The van der Waals surface area contributed by atoms with E-state index in [0.29, 0.717) is 12.1 Å². The van der Waals surface area contributed by atoms with Crippen LogP contribution >= 0.6 is 0 Å². The van der Waals surface area contributed by atoms with Gasteiger partial charge in [0.25, 0.3) is 0 Å². The fourth-order valence-corrected chi connectivity index (χ4v) is 3.34. The van der Waals surface area contributed by atoms with Gasteiger partial charge in [-0.1, -0.05) is 19.3 Å². The van der Waals surface area contributed by atoms with E-state index in [0.717, 1.165) is 25.6 Å². The molecule has 3 nitrogen and oxygen atoms in total. The van der Waals surface area contributed by atoms with Gasteiger partial charge >= 0.3 is 0 Å². The summed E-state index contributed by atoms with van der Waals surface area (Å²) in [6, 6.07) is 0.605. The van der Waals surface area contributed by atoms with Gasteiger partial charge in [0.15, 0.2) is 0 Å². The molecule has 1 N–H and O–H groups in total. The van der Waals surface area contributed by atoms with Gasteiger partial charge in [0, 0.05) is 19.1 Å². The molecule has 3 heteroatoms. The van der Waals surface area contributed by atoms with Crippen molar-refractivity contribution in [3.05, 3.63) is 0 Å². The van der Waals surface area contributed by atoms with Crippen molar-refractivity contribution in [2.24, 2.45) is 5.92 Å². The lowest BCUT2D eigenvalue weighted by Crippen LogP contribution is -2.53. The molecule has 0 radical (unpaired) electrons. The zero-order valence-electron chi connectivity index (χ0n) is 10.7. The van der Waals surface area contributed by atoms with E-state index >= 15 is 0 Å². The number of hydrogen-bond acceptors (Lipinski definition) is 3. The van der Waals surface area contributed by atoms with Crippen LogP contribution in [0, 0.1) is 5.92 Å². The highest BCUT2D eigenvalue weighted by molar-refractivity contribution is 4.88. The van der Waals surface area contributed by atoms with Gasteiger partial charge in [-0.15, -0.1) is 0 Å². The maximum absolute atomic E-state index is 5.95. The number of nitrogens with one attached hydrogen (secondary N) is 1. The summed E-state index contributed by atoms with van der Waals surface area (Å²) in [5, 5.41) is 3.46. The third kappa shape index (κ3) is 2.96. The SMILES string of the molecule is CN(C)C(C1CCCCC1)C1CNCCO1. The van der Waals surface area contributed by atoms with Crippen molar-refractivity contribution in [2.45, 2.75) is 44.2 Å². The summed E-state index contributed by atoms with van der Waals surface area (Å²) >= 11 is 0. The third-order valence-electron chi connectivity index (χ3n) is 4.07. The number of ether oxygens (including phenoxy) is 1. The zero-order valence-corrected chi connectivity index (χ0v) is 10.7. The Kier molecular flexibility index (Phi) is 4.62. The Morgan fingerprint density at radius 2 is 1.94 bits per heavy atom. The Balaban J connectivity index is 1.96. The van der Waals surface area contributed by atoms with Gasteiger partial charge in [-0.3, -0.25) is 0 Å². The average Bonchev–Trinajstić information content (AvgIpc) is 2.31. The summed E-state index contributed by atoms with van der Waals surface area (Å²) in [4.78, 5) is 2.38. The average molecular weight is 226 g/mol. The molecule has 0 amide bonds. The van der Waals surface area contributed by atoms with Gasteiger partial charge in [0.05, 0.1) is 12.7 Å². The number of hydrogen-bond donors (Lipinski definition) is 1. The quantitative estimate of drug-likeness (QED) is 0.789. The topological polar surface area (TPSA) is 24.5 Å². The van der Waals surface area contributed by atoms with Gasteiger partial charge in [-0.25, -0.2) is 0 Å². The second-order valence-corrected chi connectivity index (χ2v) is 5.47. The van der Waals surface area contributed by atoms with E-state index in [1.165, 1.54) is 32.1 Å². The Morgan fingerprint density at radius 1 is 1.19 bits per heavy atom. The molecule has 1 heterocycles. The summed E-state index contributed by atoms with van der Waals surface area (Å²) < 4.78 is 5.95. The van der Waals surface area contributed by atoms with Crippen LogP contribution in [0.4, 0.5) is 0 Å². The molecule has 1 saturated carbocycles. The van der Waals surface area contributed by atoms with Crippen LogP contribution in [0.2, 0.25) is 0 Å². The first-order chi connectivity index (χ1) is 7.79. The molecule has 2 aliphatic rings. The van der Waals surface area contributed by atoms with Crippen LogP contribution in [0.25, 0.3) is 0 Å². The molecule has 0 aromatic rings. The first-order valence-corrected chi connectivity index (χ1v) is 6.78. The normalized spacial score (nSPS) is 30.6. The number of likely N-dealkylation sites (N-methyl/N-ethyl adjacent to an activating group) is 1. The van der Waals surface area contributed by atoms with E-state index in [1.54, 1.807) is 0 Å². The Labute approximate surface area is 99.5 Å². The van der Waals surface area contributed by atoms with Crippen LogP contribution in [-0.2, 0) is 4.74 Å². The largest absolute Gasteiger partial charge is 0.374 e. The molecule has 0 aromatic heterocycles. The van der Waals surface area contributed by atoms with Crippen LogP contribution < -0.4 is 5.32 Å². The number of rotatable bonds is 3. The predicted octanol–water partition coefficient (Wildman–Crippen LogP) is 1.49. The summed E-state index contributed by atoms with van der Waals surface area (Å²) in [6.45, 7) is 2.92. The van der Waals surface area contributed by atoms with Crippen molar-refractivity contribution in [1.29, 1.82) is 0 Å². The molecule has 0 bridgehead atoms. The first-order valence-electron chi connectivity index (χ1n) is 6.78. The van der Waals surface area contributed by atoms with Crippen molar-refractivity contribution in [3.63, 3.8) is 0 Å². The van der Waals surface area contributed by atoms with Gasteiger partial charge in [0.1, 0.15) is 0 Å². The zero-order chi connectivity index (χ0) is 11.4. The lowest BCUT2D eigenvalue weighted by Gasteiger charge is -2.41. The van der Waals surface area contributed by atoms with E-state index < -0.39 is 0 Å². The van der Waals surface area contributed by atoms with Gasteiger partial charge < -0.3 is 15.0 Å². The van der Waals surface area contributed by atoms with E-state index in [4.69, 9.17) is 4.74 Å². The molecule has 2 atom stereocenters. The molecule has 2 unspecified atom stereocenters. The summed E-state index contributed by atoms with van der Waals surface area (Å²) in [7, 11) is 4.41. The predicted molar refractivity (Wildman–Crippen MR) is 66.7 cm³/mol. The smallest absolute Gasteiger partial charge is 0.0857 e. The lowest BCUT2D eigenvalue weighted by atomic mass is 9.81. The molecule has 1 aliphatic heterocycles. The summed E-state index contributed by atoms with van der Waals surface area (Å²) in [5.41, 5.74) is 0. The van der Waals surface area contributed by atoms with E-state index in [-0.39, 0.29) is 0 Å². The van der Waals surface area contributed by atoms with E-state index in [9.17, 15) is 0 Å². The van der Waals surface area contributed by atoms with Crippen molar-refractivity contribution in [3.8, 4) is 0 Å². The molecule has 1 saturated heterocycles. The van der Waals surface area contributed by atoms with Crippen LogP contribution in [0.5, 0.6) is 0 Å². The minimum Gasteiger partial charge on any atom is -0.374 e. The molecule has 0 spiro atoms. The monoisotopic (exact) mass is 226 g/mol. The van der Waals surface area contributed by atoms with E-state index in [2.05, 4.69) is 24.3 Å². The fraction of sp³-hybridized carbons (Fsp3) is 1.00. The summed E-state index contributed by atoms with van der Waals surface area (Å²) in [6.07, 6.45) is 7.43. The van der Waals surface area contributed by atoms with Crippen molar-refractivity contribution >= 4 is 0 Å². The Bertz CT molecular complexity index is 178. The van der Waals surface area contributed by atoms with Crippen LogP contribution in [0.3, 0.4) is 0 Å². The molecular weight excluding hydrogens is 200 g/mol. The highest BCUT2D eigenvalue weighted by Gasteiger charge is 2.33. The first kappa shape index (κ1) is 12.3. The maximum atomic E-state index is 5.95. The molecule has 2 fully saturated rings. The van der Waals surface area contributed by atoms with Crippen LogP contribution in [0.1, 0.15) is 32.1 Å². The Hall–Kier alpha value is -0.120. The highest BCUT2D eigenvalue weighted by atomic mass is 16.5. The van der Waals surface area contributed by atoms with Crippen LogP contribution in [-0.4, -0.2) is 50.8 Å². The molecule has 1 aliphatic carbocycles. The standard InChI is InChI=1S/C13H26N2O/c1-15(2)13(11-6-4-3-5-7-11)12-10-14-8-9-16-12/h11-14H,3-10H2,1-2H3. The summed E-state index contributed by atoms with van der Waals surface area (Å²) in [5.74, 6) is 0.841. The van der Waals surface area contributed by atoms with Crippen molar-refractivity contribution in [2.75, 3.05) is 33.8 Å². The van der Waals surface area contributed by atoms with Gasteiger partial charge in [-0.2, -0.15) is 0 Å². The molecule has 0 aromatic carbocycles. The highest BCUT2D eigenvalue weighted by Crippen LogP contribution is 2.30. The molecule has 2 rings (SSSR count). The molecule has 94 valence electrons. The molecular formula is C13H26N2O. The second kappa shape index (κ2) is 5.99. The van der Waals surface area contributed by atoms with Crippen molar-refractivity contribution < 1.29 is 4.74 Å². The van der Waals surface area contributed by atoms with Gasteiger partial charge in [-0.05, 0) is 32.9 Å². The number of morpholine rings is 1. The maximum Gasteiger partial charge on any atom is 0.0857 e. The third-order valence-corrected chi connectivity index (χ3v) is 4.07. The van der Waals surface area contributed by atoms with Gasteiger partial charge in [0.2, 0.25) is 0 Å². The minimum absolute atomic E-state index is 0.395. The molecule has 16 heavy (non-hydrogen) atoms. The van der Waals surface area contributed by atoms with Crippen molar-refractivity contribution in [1.82, 2.24) is 10.2 Å². The number of nitrogens with zero attached hydrogens (tertiary/aromatic N) is 1. The lowest BCUT2D eigenvalue weighted by molar-refractivity contribution is -0.0435. The fourth-order valence-electron chi connectivity index (χ4n) is 3.34. The van der Waals surface area contributed by atoms with E-state index in [1.807, 2.05) is 0 Å². The Morgan fingerprint density at radius 3 is 2.50 bits per heavy atom. The minimum atomic E-state index is 0.395.